The molecule has 0 radical (unpaired) electrons. The van der Waals surface area contributed by atoms with Gasteiger partial charge >= 0.3 is 0 Å². The van der Waals surface area contributed by atoms with Gasteiger partial charge in [0, 0.05) is 18.7 Å². The van der Waals surface area contributed by atoms with Gasteiger partial charge < -0.3 is 9.47 Å². The fourth-order valence-electron chi connectivity index (χ4n) is 3.91. The van der Waals surface area contributed by atoms with Crippen molar-refractivity contribution in [3.8, 4) is 16.9 Å². The minimum atomic E-state index is 0.661. The second-order valence-electron chi connectivity index (χ2n) is 7.51. The molecule has 0 bridgehead atoms. The Labute approximate surface area is 179 Å². The molecule has 154 valence electrons. The van der Waals surface area contributed by atoms with Crippen LogP contribution in [0.2, 0.25) is 0 Å². The molecule has 3 aromatic rings. The second kappa shape index (κ2) is 10.1. The summed E-state index contributed by atoms with van der Waals surface area (Å²) in [4.78, 5) is 2.45. The standard InChI is InChI=1S/C27H29NO2/c1-2-29-27-15-9-8-14-26(27)25-13-7-6-12-23(25)16-17-24-21-28(18-19-30-24)20-22-10-4-3-5-11-22/h3-15,17H,2,16,18-21H2,1H3/b24-17+. The summed E-state index contributed by atoms with van der Waals surface area (Å²) in [5.41, 5.74) is 4.98. The van der Waals surface area contributed by atoms with Crippen LogP contribution in [0.1, 0.15) is 18.1 Å². The van der Waals surface area contributed by atoms with Gasteiger partial charge in [0.15, 0.2) is 0 Å². The predicted octanol–water partition coefficient (Wildman–Crippen LogP) is 5.71. The molecule has 0 N–H and O–H groups in total. The van der Waals surface area contributed by atoms with Gasteiger partial charge in [-0.2, -0.15) is 0 Å². The van der Waals surface area contributed by atoms with E-state index < -0.39 is 0 Å². The van der Waals surface area contributed by atoms with Crippen LogP contribution in [0.5, 0.6) is 5.75 Å². The van der Waals surface area contributed by atoms with Crippen molar-refractivity contribution < 1.29 is 9.47 Å². The van der Waals surface area contributed by atoms with Crippen LogP contribution in [0.25, 0.3) is 11.1 Å². The molecule has 0 saturated carbocycles. The van der Waals surface area contributed by atoms with Gasteiger partial charge in [-0.3, -0.25) is 4.90 Å². The zero-order chi connectivity index (χ0) is 20.6. The number of rotatable bonds is 7. The van der Waals surface area contributed by atoms with Crippen molar-refractivity contribution in [3.05, 3.63) is 102 Å². The molecule has 1 aliphatic heterocycles. The number of hydrogen-bond donors (Lipinski definition) is 0. The van der Waals surface area contributed by atoms with Gasteiger partial charge in [0.2, 0.25) is 0 Å². The molecule has 0 aromatic heterocycles. The zero-order valence-corrected chi connectivity index (χ0v) is 17.6. The number of allylic oxidation sites excluding steroid dienone is 1. The lowest BCUT2D eigenvalue weighted by molar-refractivity contribution is 0.0889. The van der Waals surface area contributed by atoms with Crippen LogP contribution in [-0.2, 0) is 17.7 Å². The molecule has 0 atom stereocenters. The molecule has 1 heterocycles. The van der Waals surface area contributed by atoms with Crippen molar-refractivity contribution in [1.29, 1.82) is 0 Å². The third-order valence-corrected chi connectivity index (χ3v) is 5.37. The maximum atomic E-state index is 5.97. The van der Waals surface area contributed by atoms with Gasteiger partial charge in [-0.05, 0) is 42.2 Å². The highest BCUT2D eigenvalue weighted by atomic mass is 16.5. The quantitative estimate of drug-likeness (QED) is 0.508. The van der Waals surface area contributed by atoms with Crippen LogP contribution in [0.3, 0.4) is 0 Å². The number of hydrogen-bond acceptors (Lipinski definition) is 3. The predicted molar refractivity (Wildman–Crippen MR) is 123 cm³/mol. The molecule has 3 heteroatoms. The molecule has 4 rings (SSSR count). The molecule has 0 spiro atoms. The number of morpholine rings is 1. The topological polar surface area (TPSA) is 21.7 Å². The van der Waals surface area contributed by atoms with Crippen molar-refractivity contribution >= 4 is 0 Å². The van der Waals surface area contributed by atoms with E-state index in [9.17, 15) is 0 Å². The van der Waals surface area contributed by atoms with Crippen molar-refractivity contribution in [3.63, 3.8) is 0 Å². The van der Waals surface area contributed by atoms with Crippen LogP contribution in [0.4, 0.5) is 0 Å². The lowest BCUT2D eigenvalue weighted by Crippen LogP contribution is -2.34. The summed E-state index contributed by atoms with van der Waals surface area (Å²) in [6.45, 7) is 6.20. The average molecular weight is 400 g/mol. The van der Waals surface area contributed by atoms with Crippen LogP contribution in [0, 0.1) is 0 Å². The first-order valence-electron chi connectivity index (χ1n) is 10.7. The Morgan fingerprint density at radius 2 is 1.63 bits per heavy atom. The van der Waals surface area contributed by atoms with Crippen LogP contribution in [0.15, 0.2) is 90.7 Å². The van der Waals surface area contributed by atoms with Gasteiger partial charge in [-0.15, -0.1) is 0 Å². The Hall–Kier alpha value is -3.04. The van der Waals surface area contributed by atoms with Gasteiger partial charge in [0.1, 0.15) is 18.1 Å². The van der Waals surface area contributed by atoms with E-state index in [-0.39, 0.29) is 0 Å². The smallest absolute Gasteiger partial charge is 0.127 e. The number of ether oxygens (including phenoxy) is 2. The highest BCUT2D eigenvalue weighted by Crippen LogP contribution is 2.32. The number of para-hydroxylation sites is 1. The van der Waals surface area contributed by atoms with Crippen molar-refractivity contribution in [2.24, 2.45) is 0 Å². The van der Waals surface area contributed by atoms with Gasteiger partial charge in [0.05, 0.1) is 13.2 Å². The van der Waals surface area contributed by atoms with E-state index in [0.717, 1.165) is 49.7 Å². The maximum absolute atomic E-state index is 5.97. The second-order valence-corrected chi connectivity index (χ2v) is 7.51. The van der Waals surface area contributed by atoms with E-state index in [1.807, 2.05) is 19.1 Å². The molecule has 1 aliphatic rings. The molecule has 30 heavy (non-hydrogen) atoms. The minimum Gasteiger partial charge on any atom is -0.496 e. The van der Waals surface area contributed by atoms with E-state index in [1.165, 1.54) is 16.7 Å². The van der Waals surface area contributed by atoms with Crippen molar-refractivity contribution in [2.45, 2.75) is 19.9 Å². The van der Waals surface area contributed by atoms with E-state index in [1.54, 1.807) is 0 Å². The van der Waals surface area contributed by atoms with Crippen LogP contribution in [-0.4, -0.2) is 31.2 Å². The molecular formula is C27H29NO2. The van der Waals surface area contributed by atoms with Crippen LogP contribution < -0.4 is 4.74 Å². The molecule has 1 saturated heterocycles. The Morgan fingerprint density at radius 3 is 2.47 bits per heavy atom. The lowest BCUT2D eigenvalue weighted by atomic mass is 9.96. The summed E-state index contributed by atoms with van der Waals surface area (Å²) in [6.07, 6.45) is 3.07. The minimum absolute atomic E-state index is 0.661. The van der Waals surface area contributed by atoms with Crippen molar-refractivity contribution in [2.75, 3.05) is 26.3 Å². The Kier molecular flexibility index (Phi) is 6.83. The highest BCUT2D eigenvalue weighted by Gasteiger charge is 2.16. The monoisotopic (exact) mass is 399 g/mol. The third kappa shape index (κ3) is 5.11. The molecule has 0 amide bonds. The first-order chi connectivity index (χ1) is 14.8. The third-order valence-electron chi connectivity index (χ3n) is 5.37. The summed E-state index contributed by atoms with van der Waals surface area (Å²) >= 11 is 0. The van der Waals surface area contributed by atoms with E-state index in [2.05, 4.69) is 77.7 Å². The summed E-state index contributed by atoms with van der Waals surface area (Å²) in [5, 5.41) is 0. The summed E-state index contributed by atoms with van der Waals surface area (Å²) in [6, 6.07) is 27.5. The molecule has 1 fully saturated rings. The Balaban J connectivity index is 1.49. The lowest BCUT2D eigenvalue weighted by Gasteiger charge is -2.29. The molecule has 3 nitrogen and oxygen atoms in total. The molecule has 3 aromatic carbocycles. The zero-order valence-electron chi connectivity index (χ0n) is 17.6. The van der Waals surface area contributed by atoms with E-state index >= 15 is 0 Å². The summed E-state index contributed by atoms with van der Waals surface area (Å²) in [5.74, 6) is 1.99. The fourth-order valence-corrected chi connectivity index (χ4v) is 3.91. The van der Waals surface area contributed by atoms with E-state index in [4.69, 9.17) is 9.47 Å². The highest BCUT2D eigenvalue weighted by molar-refractivity contribution is 5.73. The Bertz CT molecular complexity index is 981. The first-order valence-corrected chi connectivity index (χ1v) is 10.7. The number of nitrogens with zero attached hydrogens (tertiary/aromatic N) is 1. The van der Waals surface area contributed by atoms with Crippen LogP contribution >= 0.6 is 0 Å². The van der Waals surface area contributed by atoms with Gasteiger partial charge in [-0.25, -0.2) is 0 Å². The van der Waals surface area contributed by atoms with Gasteiger partial charge in [0.25, 0.3) is 0 Å². The molecular weight excluding hydrogens is 370 g/mol. The average Bonchev–Trinajstić information content (AvgIpc) is 2.80. The summed E-state index contributed by atoms with van der Waals surface area (Å²) < 4.78 is 11.8. The molecule has 0 aliphatic carbocycles. The van der Waals surface area contributed by atoms with Gasteiger partial charge in [-0.1, -0.05) is 72.8 Å². The summed E-state index contributed by atoms with van der Waals surface area (Å²) in [7, 11) is 0. The molecule has 0 unspecified atom stereocenters. The Morgan fingerprint density at radius 1 is 0.900 bits per heavy atom. The SMILES string of the molecule is CCOc1ccccc1-c1ccccc1C/C=C1\CN(Cc2ccccc2)CCO1. The first kappa shape index (κ1) is 20.2. The fraction of sp³-hybridized carbons (Fsp3) is 0.259. The largest absolute Gasteiger partial charge is 0.496 e. The number of benzene rings is 3. The van der Waals surface area contributed by atoms with Crippen molar-refractivity contribution in [1.82, 2.24) is 4.90 Å². The van der Waals surface area contributed by atoms with E-state index in [0.29, 0.717) is 6.61 Å². The normalized spacial score (nSPS) is 15.7. The maximum Gasteiger partial charge on any atom is 0.127 e.